The quantitative estimate of drug-likeness (QED) is 0.870. The Morgan fingerprint density at radius 2 is 2.29 bits per heavy atom. The Hall–Kier alpha value is -2.11. The fraction of sp³-hybridized carbons (Fsp3) is 0.533. The molecule has 21 heavy (non-hydrogen) atoms. The summed E-state index contributed by atoms with van der Waals surface area (Å²) >= 11 is 0. The van der Waals surface area contributed by atoms with Gasteiger partial charge in [0.15, 0.2) is 0 Å². The summed E-state index contributed by atoms with van der Waals surface area (Å²) in [5.41, 5.74) is 1.92. The Morgan fingerprint density at radius 3 is 3.00 bits per heavy atom. The van der Waals surface area contributed by atoms with Crippen molar-refractivity contribution in [1.82, 2.24) is 20.5 Å². The molecule has 0 saturated carbocycles. The maximum absolute atomic E-state index is 11.8. The van der Waals surface area contributed by atoms with Gasteiger partial charge in [-0.1, -0.05) is 6.07 Å². The zero-order chi connectivity index (χ0) is 15.2. The van der Waals surface area contributed by atoms with Crippen LogP contribution < -0.4 is 10.6 Å². The first-order chi connectivity index (χ1) is 10.1. The van der Waals surface area contributed by atoms with Crippen molar-refractivity contribution in [2.24, 2.45) is 5.92 Å². The molecular weight excluding hydrogens is 268 g/mol. The first-order valence-electron chi connectivity index (χ1n) is 7.22. The number of urea groups is 1. The number of piperidine rings is 1. The van der Waals surface area contributed by atoms with Gasteiger partial charge in [0, 0.05) is 45.0 Å². The van der Waals surface area contributed by atoms with Crippen molar-refractivity contribution < 1.29 is 9.59 Å². The number of aromatic nitrogens is 1. The van der Waals surface area contributed by atoms with E-state index < -0.39 is 0 Å². The van der Waals surface area contributed by atoms with E-state index in [-0.39, 0.29) is 17.9 Å². The van der Waals surface area contributed by atoms with E-state index in [1.165, 1.54) is 0 Å². The maximum atomic E-state index is 11.8. The van der Waals surface area contributed by atoms with Crippen LogP contribution in [0.2, 0.25) is 0 Å². The number of aryl methyl sites for hydroxylation is 1. The predicted octanol–water partition coefficient (Wildman–Crippen LogP) is 1.06. The van der Waals surface area contributed by atoms with E-state index in [1.54, 1.807) is 11.1 Å². The van der Waals surface area contributed by atoms with Crippen molar-refractivity contribution in [3.8, 4) is 0 Å². The molecule has 1 fully saturated rings. The van der Waals surface area contributed by atoms with Crippen LogP contribution in [0.25, 0.3) is 0 Å². The van der Waals surface area contributed by atoms with Crippen LogP contribution in [0.1, 0.15) is 24.1 Å². The molecule has 0 bridgehead atoms. The van der Waals surface area contributed by atoms with Crippen LogP contribution in [0.4, 0.5) is 4.79 Å². The Balaban J connectivity index is 1.71. The van der Waals surface area contributed by atoms with Crippen LogP contribution in [0.5, 0.6) is 0 Å². The number of carbonyl (C=O) groups excluding carboxylic acids is 2. The van der Waals surface area contributed by atoms with Gasteiger partial charge in [0.1, 0.15) is 0 Å². The van der Waals surface area contributed by atoms with Crippen LogP contribution in [-0.4, -0.2) is 42.0 Å². The van der Waals surface area contributed by atoms with E-state index in [9.17, 15) is 9.59 Å². The van der Waals surface area contributed by atoms with Crippen molar-refractivity contribution in [3.63, 3.8) is 0 Å². The number of likely N-dealkylation sites (tertiary alicyclic amines) is 1. The average molecular weight is 290 g/mol. The van der Waals surface area contributed by atoms with Gasteiger partial charge in [0.25, 0.3) is 0 Å². The second-order valence-corrected chi connectivity index (χ2v) is 5.49. The molecule has 0 aromatic carbocycles. The molecule has 6 nitrogen and oxygen atoms in total. The largest absolute Gasteiger partial charge is 0.346 e. The molecule has 0 spiro atoms. The molecule has 1 aromatic heterocycles. The molecule has 0 radical (unpaired) electrons. The van der Waals surface area contributed by atoms with Gasteiger partial charge in [-0.05, 0) is 30.9 Å². The summed E-state index contributed by atoms with van der Waals surface area (Å²) in [6.45, 7) is 3.68. The number of hydrogen-bond donors (Lipinski definition) is 2. The molecule has 1 unspecified atom stereocenters. The topological polar surface area (TPSA) is 74.3 Å². The molecule has 2 heterocycles. The summed E-state index contributed by atoms with van der Waals surface area (Å²) in [6, 6.07) is 3.59. The second-order valence-electron chi connectivity index (χ2n) is 5.49. The number of amides is 3. The third kappa shape index (κ3) is 4.44. The number of pyridine rings is 1. The minimum Gasteiger partial charge on any atom is -0.346 e. The molecule has 2 rings (SSSR count). The molecule has 1 atom stereocenters. The van der Waals surface area contributed by atoms with Crippen LogP contribution in [0.3, 0.4) is 0 Å². The van der Waals surface area contributed by atoms with Crippen molar-refractivity contribution in [2.45, 2.75) is 26.3 Å². The van der Waals surface area contributed by atoms with Crippen LogP contribution >= 0.6 is 0 Å². The molecular formula is C15H22N4O2. The van der Waals surface area contributed by atoms with E-state index in [2.05, 4.69) is 15.6 Å². The van der Waals surface area contributed by atoms with Crippen molar-refractivity contribution in [2.75, 3.05) is 20.1 Å². The van der Waals surface area contributed by atoms with Crippen molar-refractivity contribution >= 4 is 11.9 Å². The molecule has 114 valence electrons. The molecule has 2 N–H and O–H groups in total. The fourth-order valence-corrected chi connectivity index (χ4v) is 2.36. The third-order valence-electron chi connectivity index (χ3n) is 3.87. The van der Waals surface area contributed by atoms with E-state index in [1.807, 2.05) is 26.1 Å². The molecule has 6 heteroatoms. The Kier molecular flexibility index (Phi) is 5.14. The molecule has 1 aliphatic rings. The number of carbonyl (C=O) groups is 2. The van der Waals surface area contributed by atoms with Crippen LogP contribution in [0, 0.1) is 12.8 Å². The highest BCUT2D eigenvalue weighted by Crippen LogP contribution is 2.15. The molecule has 3 amide bonds. The maximum Gasteiger partial charge on any atom is 0.315 e. The van der Waals surface area contributed by atoms with Crippen LogP contribution in [0.15, 0.2) is 18.3 Å². The standard InChI is InChI=1S/C15H22N4O2/c1-11-13(4-3-6-16-11)10-18-15(21)17-9-12-5-7-19(2)14(20)8-12/h3-4,6,12H,5,7-10H2,1-2H3,(H2,17,18,21). The lowest BCUT2D eigenvalue weighted by Gasteiger charge is -2.28. The number of hydrogen-bond acceptors (Lipinski definition) is 3. The lowest BCUT2D eigenvalue weighted by molar-refractivity contribution is -0.133. The van der Waals surface area contributed by atoms with E-state index >= 15 is 0 Å². The van der Waals surface area contributed by atoms with Gasteiger partial charge in [0.2, 0.25) is 5.91 Å². The Morgan fingerprint density at radius 1 is 1.48 bits per heavy atom. The van der Waals surface area contributed by atoms with E-state index in [4.69, 9.17) is 0 Å². The highest BCUT2D eigenvalue weighted by molar-refractivity contribution is 5.77. The second kappa shape index (κ2) is 7.06. The lowest BCUT2D eigenvalue weighted by atomic mass is 9.97. The number of nitrogens with zero attached hydrogens (tertiary/aromatic N) is 2. The Bertz CT molecular complexity index is 518. The average Bonchev–Trinajstić information content (AvgIpc) is 2.47. The molecule has 0 aliphatic carbocycles. The minimum absolute atomic E-state index is 0.152. The zero-order valence-corrected chi connectivity index (χ0v) is 12.6. The monoisotopic (exact) mass is 290 g/mol. The molecule has 1 aromatic rings. The molecule has 1 aliphatic heterocycles. The van der Waals surface area contributed by atoms with Gasteiger partial charge in [-0.3, -0.25) is 9.78 Å². The Labute approximate surface area is 124 Å². The fourth-order valence-electron chi connectivity index (χ4n) is 2.36. The summed E-state index contributed by atoms with van der Waals surface area (Å²) in [7, 11) is 1.81. The SMILES string of the molecule is Cc1ncccc1CNC(=O)NCC1CCN(C)C(=O)C1. The van der Waals surface area contributed by atoms with Gasteiger partial charge >= 0.3 is 6.03 Å². The summed E-state index contributed by atoms with van der Waals surface area (Å²) < 4.78 is 0. The van der Waals surface area contributed by atoms with Crippen molar-refractivity contribution in [3.05, 3.63) is 29.6 Å². The number of nitrogens with one attached hydrogen (secondary N) is 2. The summed E-state index contributed by atoms with van der Waals surface area (Å²) in [5, 5.41) is 5.65. The van der Waals surface area contributed by atoms with E-state index in [0.717, 1.165) is 24.2 Å². The zero-order valence-electron chi connectivity index (χ0n) is 12.6. The highest BCUT2D eigenvalue weighted by atomic mass is 16.2. The highest BCUT2D eigenvalue weighted by Gasteiger charge is 2.23. The van der Waals surface area contributed by atoms with Gasteiger partial charge in [-0.2, -0.15) is 0 Å². The smallest absolute Gasteiger partial charge is 0.315 e. The van der Waals surface area contributed by atoms with Gasteiger partial charge in [0.05, 0.1) is 0 Å². The predicted molar refractivity (Wildman–Crippen MR) is 79.6 cm³/mol. The van der Waals surface area contributed by atoms with Crippen molar-refractivity contribution in [1.29, 1.82) is 0 Å². The third-order valence-corrected chi connectivity index (χ3v) is 3.87. The first-order valence-corrected chi connectivity index (χ1v) is 7.22. The first kappa shape index (κ1) is 15.3. The summed E-state index contributed by atoms with van der Waals surface area (Å²) in [5.74, 6) is 0.388. The summed E-state index contributed by atoms with van der Waals surface area (Å²) in [6.07, 6.45) is 3.18. The van der Waals surface area contributed by atoms with Gasteiger partial charge in [-0.15, -0.1) is 0 Å². The van der Waals surface area contributed by atoms with Gasteiger partial charge < -0.3 is 15.5 Å². The van der Waals surface area contributed by atoms with Crippen LogP contribution in [-0.2, 0) is 11.3 Å². The minimum atomic E-state index is -0.204. The lowest BCUT2D eigenvalue weighted by Crippen LogP contribution is -2.42. The summed E-state index contributed by atoms with van der Waals surface area (Å²) in [4.78, 5) is 29.3. The van der Waals surface area contributed by atoms with Gasteiger partial charge in [-0.25, -0.2) is 4.79 Å². The van der Waals surface area contributed by atoms with E-state index in [0.29, 0.717) is 19.5 Å². The number of rotatable bonds is 4. The molecule has 1 saturated heterocycles. The normalized spacial score (nSPS) is 18.5.